The second-order valence-electron chi connectivity index (χ2n) is 4.19. The Morgan fingerprint density at radius 2 is 2.27 bits per heavy atom. The van der Waals surface area contributed by atoms with Gasteiger partial charge in [-0.05, 0) is 37.1 Å². The van der Waals surface area contributed by atoms with Crippen LogP contribution in [-0.2, 0) is 0 Å². The molecule has 1 N–H and O–H groups in total. The van der Waals surface area contributed by atoms with Crippen LogP contribution in [0.2, 0.25) is 0 Å². The van der Waals surface area contributed by atoms with Gasteiger partial charge in [0.25, 0.3) is 0 Å². The first-order chi connectivity index (χ1) is 7.20. The number of hydrogen-bond donors (Lipinski definition) is 1. The molecule has 0 aromatic heterocycles. The maximum absolute atomic E-state index is 13.2. The van der Waals surface area contributed by atoms with Crippen molar-refractivity contribution >= 4 is 0 Å². The van der Waals surface area contributed by atoms with E-state index in [9.17, 15) is 4.39 Å². The Balaban J connectivity index is 2.29. The first kappa shape index (κ1) is 10.4. The van der Waals surface area contributed by atoms with Gasteiger partial charge < -0.3 is 10.1 Å². The average molecular weight is 209 g/mol. The van der Waals surface area contributed by atoms with Gasteiger partial charge in [0, 0.05) is 11.6 Å². The van der Waals surface area contributed by atoms with Gasteiger partial charge in [-0.1, -0.05) is 6.92 Å². The van der Waals surface area contributed by atoms with Crippen LogP contribution in [0.4, 0.5) is 4.39 Å². The first-order valence-electron chi connectivity index (χ1n) is 5.27. The molecule has 0 aliphatic carbocycles. The summed E-state index contributed by atoms with van der Waals surface area (Å²) in [6.45, 7) is 3.18. The minimum Gasteiger partial charge on any atom is -0.496 e. The van der Waals surface area contributed by atoms with Gasteiger partial charge >= 0.3 is 0 Å². The summed E-state index contributed by atoms with van der Waals surface area (Å²) in [6, 6.07) is 4.91. The van der Waals surface area contributed by atoms with Gasteiger partial charge in [-0.2, -0.15) is 0 Å². The maximum Gasteiger partial charge on any atom is 0.123 e. The molecule has 1 saturated heterocycles. The lowest BCUT2D eigenvalue weighted by atomic mass is 10.0. The molecule has 1 aliphatic heterocycles. The number of ether oxygens (including phenoxy) is 1. The summed E-state index contributed by atoms with van der Waals surface area (Å²) in [7, 11) is 1.62. The van der Waals surface area contributed by atoms with Crippen LogP contribution in [0.3, 0.4) is 0 Å². The van der Waals surface area contributed by atoms with E-state index in [-0.39, 0.29) is 11.9 Å². The van der Waals surface area contributed by atoms with Crippen molar-refractivity contribution in [1.82, 2.24) is 5.32 Å². The summed E-state index contributed by atoms with van der Waals surface area (Å²) >= 11 is 0. The highest BCUT2D eigenvalue weighted by molar-refractivity contribution is 5.37. The Morgan fingerprint density at radius 3 is 2.87 bits per heavy atom. The molecule has 0 saturated carbocycles. The predicted octanol–water partition coefficient (Wildman–Crippen LogP) is 2.50. The molecule has 2 atom stereocenters. The molecule has 0 amide bonds. The fourth-order valence-electron chi connectivity index (χ4n) is 2.13. The largest absolute Gasteiger partial charge is 0.496 e. The average Bonchev–Trinajstić information content (AvgIpc) is 2.65. The smallest absolute Gasteiger partial charge is 0.123 e. The van der Waals surface area contributed by atoms with Crippen LogP contribution in [-0.4, -0.2) is 13.7 Å². The van der Waals surface area contributed by atoms with Crippen LogP contribution < -0.4 is 10.1 Å². The Bertz CT molecular complexity index is 353. The van der Waals surface area contributed by atoms with Gasteiger partial charge in [0.15, 0.2) is 0 Å². The molecular weight excluding hydrogens is 193 g/mol. The number of halogens is 1. The Kier molecular flexibility index (Phi) is 2.91. The molecule has 0 bridgehead atoms. The second-order valence-corrected chi connectivity index (χ2v) is 4.19. The fraction of sp³-hybridized carbons (Fsp3) is 0.500. The zero-order valence-electron chi connectivity index (χ0n) is 9.09. The second kappa shape index (κ2) is 4.19. The molecular formula is C12H16FNO. The van der Waals surface area contributed by atoms with Crippen molar-refractivity contribution in [2.45, 2.75) is 19.4 Å². The molecule has 0 unspecified atom stereocenters. The zero-order chi connectivity index (χ0) is 10.8. The third-order valence-electron chi connectivity index (χ3n) is 2.92. The van der Waals surface area contributed by atoms with E-state index in [1.165, 1.54) is 6.07 Å². The van der Waals surface area contributed by atoms with Crippen molar-refractivity contribution in [3.8, 4) is 5.75 Å². The molecule has 82 valence electrons. The number of rotatable bonds is 2. The number of nitrogens with one attached hydrogen (secondary N) is 1. The highest BCUT2D eigenvalue weighted by Gasteiger charge is 2.24. The van der Waals surface area contributed by atoms with E-state index in [1.54, 1.807) is 19.2 Å². The Labute approximate surface area is 89.4 Å². The first-order valence-corrected chi connectivity index (χ1v) is 5.27. The van der Waals surface area contributed by atoms with E-state index in [0.29, 0.717) is 5.92 Å². The molecule has 1 fully saturated rings. The van der Waals surface area contributed by atoms with Crippen LogP contribution in [0.15, 0.2) is 18.2 Å². The molecule has 1 aromatic rings. The van der Waals surface area contributed by atoms with Crippen molar-refractivity contribution in [3.63, 3.8) is 0 Å². The Hall–Kier alpha value is -1.09. The topological polar surface area (TPSA) is 21.3 Å². The molecule has 2 rings (SSSR count). The standard InChI is InChI=1S/C12H16FNO/c1-8-5-11(14-7-8)10-6-9(13)3-4-12(10)15-2/h3-4,6,8,11,14H,5,7H2,1-2H3/t8-,11-/m0/s1. The normalized spacial score (nSPS) is 25.5. The number of benzene rings is 1. The van der Waals surface area contributed by atoms with Crippen molar-refractivity contribution in [3.05, 3.63) is 29.6 Å². The third-order valence-corrected chi connectivity index (χ3v) is 2.92. The monoisotopic (exact) mass is 209 g/mol. The highest BCUT2D eigenvalue weighted by Crippen LogP contribution is 2.33. The summed E-state index contributed by atoms with van der Waals surface area (Å²) in [4.78, 5) is 0. The molecule has 1 aliphatic rings. The lowest BCUT2D eigenvalue weighted by Crippen LogP contribution is -2.14. The fourth-order valence-corrected chi connectivity index (χ4v) is 2.13. The van der Waals surface area contributed by atoms with Gasteiger partial charge in [-0.25, -0.2) is 4.39 Å². The minimum absolute atomic E-state index is 0.202. The third kappa shape index (κ3) is 2.12. The molecule has 0 spiro atoms. The van der Waals surface area contributed by atoms with E-state index < -0.39 is 0 Å². The summed E-state index contributed by atoms with van der Waals surface area (Å²) in [5.74, 6) is 1.21. The highest BCUT2D eigenvalue weighted by atomic mass is 19.1. The SMILES string of the molecule is COc1ccc(F)cc1[C@@H]1C[C@H](C)CN1. The van der Waals surface area contributed by atoms with E-state index >= 15 is 0 Å². The summed E-state index contributed by atoms with van der Waals surface area (Å²) < 4.78 is 18.4. The number of hydrogen-bond acceptors (Lipinski definition) is 2. The summed E-state index contributed by atoms with van der Waals surface area (Å²) in [5, 5.41) is 3.38. The molecule has 3 heteroatoms. The number of methoxy groups -OCH3 is 1. The maximum atomic E-state index is 13.2. The quantitative estimate of drug-likeness (QED) is 0.808. The Morgan fingerprint density at radius 1 is 1.47 bits per heavy atom. The van der Waals surface area contributed by atoms with Gasteiger partial charge in [0.1, 0.15) is 11.6 Å². The molecule has 0 radical (unpaired) electrons. The molecule has 15 heavy (non-hydrogen) atoms. The van der Waals surface area contributed by atoms with E-state index in [0.717, 1.165) is 24.3 Å². The van der Waals surface area contributed by atoms with E-state index in [2.05, 4.69) is 12.2 Å². The lowest BCUT2D eigenvalue weighted by Gasteiger charge is -2.14. The van der Waals surface area contributed by atoms with Gasteiger partial charge in [0.05, 0.1) is 7.11 Å². The van der Waals surface area contributed by atoms with Crippen LogP contribution in [0.5, 0.6) is 5.75 Å². The van der Waals surface area contributed by atoms with Gasteiger partial charge in [-0.15, -0.1) is 0 Å². The van der Waals surface area contributed by atoms with Crippen molar-refractivity contribution < 1.29 is 9.13 Å². The molecule has 1 heterocycles. The van der Waals surface area contributed by atoms with Crippen molar-refractivity contribution in [2.75, 3.05) is 13.7 Å². The van der Waals surface area contributed by atoms with E-state index in [4.69, 9.17) is 4.74 Å². The molecule has 2 nitrogen and oxygen atoms in total. The summed E-state index contributed by atoms with van der Waals surface area (Å²) in [5.41, 5.74) is 0.932. The molecule has 1 aromatic carbocycles. The predicted molar refractivity (Wildman–Crippen MR) is 57.5 cm³/mol. The van der Waals surface area contributed by atoms with Crippen LogP contribution >= 0.6 is 0 Å². The zero-order valence-corrected chi connectivity index (χ0v) is 9.09. The van der Waals surface area contributed by atoms with Gasteiger partial charge in [0.2, 0.25) is 0 Å². The van der Waals surface area contributed by atoms with Crippen molar-refractivity contribution in [1.29, 1.82) is 0 Å². The van der Waals surface area contributed by atoms with Crippen molar-refractivity contribution in [2.24, 2.45) is 5.92 Å². The van der Waals surface area contributed by atoms with Crippen LogP contribution in [0.25, 0.3) is 0 Å². The minimum atomic E-state index is -0.202. The van der Waals surface area contributed by atoms with Crippen LogP contribution in [0.1, 0.15) is 24.9 Å². The lowest BCUT2D eigenvalue weighted by molar-refractivity contribution is 0.401. The van der Waals surface area contributed by atoms with Gasteiger partial charge in [-0.3, -0.25) is 0 Å². The van der Waals surface area contributed by atoms with Crippen LogP contribution in [0, 0.1) is 11.7 Å². The summed E-state index contributed by atoms with van der Waals surface area (Å²) in [6.07, 6.45) is 1.04. The van der Waals surface area contributed by atoms with E-state index in [1.807, 2.05) is 0 Å².